The van der Waals surface area contributed by atoms with Crippen molar-refractivity contribution >= 4 is 5.91 Å². The van der Waals surface area contributed by atoms with Crippen LogP contribution in [0.1, 0.15) is 50.7 Å². The Hall–Kier alpha value is -1.73. The maximum atomic E-state index is 13.5. The van der Waals surface area contributed by atoms with Crippen molar-refractivity contribution < 1.29 is 23.7 Å². The van der Waals surface area contributed by atoms with Crippen molar-refractivity contribution in [2.75, 3.05) is 13.2 Å². The summed E-state index contributed by atoms with van der Waals surface area (Å²) >= 11 is 0. The third kappa shape index (κ3) is 5.37. The molecule has 0 aromatic heterocycles. The number of rotatable bonds is 9. The summed E-state index contributed by atoms with van der Waals surface area (Å²) in [7, 11) is 0. The van der Waals surface area contributed by atoms with E-state index in [1.54, 1.807) is 6.08 Å². The van der Waals surface area contributed by atoms with E-state index in [1.807, 2.05) is 26.0 Å². The quantitative estimate of drug-likeness (QED) is 0.607. The topological polar surface area (TPSA) is 66.0 Å². The number of carbonyl (C=O) groups excluding carboxylic acids is 1. The molecule has 2 saturated carbocycles. The van der Waals surface area contributed by atoms with Crippen LogP contribution in [0.5, 0.6) is 0 Å². The molecule has 31 heavy (non-hydrogen) atoms. The minimum absolute atomic E-state index is 0.0778. The van der Waals surface area contributed by atoms with Gasteiger partial charge in [-0.2, -0.15) is 0 Å². The zero-order valence-corrected chi connectivity index (χ0v) is 18.9. The van der Waals surface area contributed by atoms with Crippen LogP contribution in [0.25, 0.3) is 0 Å². The van der Waals surface area contributed by atoms with Crippen LogP contribution in [0.4, 0.5) is 0 Å². The van der Waals surface area contributed by atoms with Gasteiger partial charge in [0, 0.05) is 19.4 Å². The van der Waals surface area contributed by atoms with Gasteiger partial charge in [-0.05, 0) is 45.1 Å². The van der Waals surface area contributed by atoms with E-state index >= 15 is 0 Å². The van der Waals surface area contributed by atoms with Crippen molar-refractivity contribution in [1.82, 2.24) is 5.32 Å². The molecule has 6 heteroatoms. The van der Waals surface area contributed by atoms with Gasteiger partial charge in [0.1, 0.15) is 6.10 Å². The zero-order valence-electron chi connectivity index (χ0n) is 18.9. The first-order valence-electron chi connectivity index (χ1n) is 11.4. The number of ether oxygens (including phenoxy) is 4. The Bertz CT molecular complexity index is 805. The maximum Gasteiger partial charge on any atom is 0.252 e. The highest BCUT2D eigenvalue weighted by molar-refractivity contribution is 5.85. The molecule has 1 aromatic carbocycles. The molecule has 0 bridgehead atoms. The SMILES string of the molecule is C=CCO[C@@H]1C[C@](OCc2cccc(C)c2)(C(=O)NCC2CC2)C[C@H]2OC(C)(C)O[C@@H]12. The van der Waals surface area contributed by atoms with E-state index in [9.17, 15) is 4.79 Å². The lowest BCUT2D eigenvalue weighted by Gasteiger charge is -2.43. The van der Waals surface area contributed by atoms with Gasteiger partial charge in [-0.1, -0.05) is 35.9 Å². The molecule has 3 aliphatic rings. The normalized spacial score (nSPS) is 31.8. The number of aryl methyl sites for hydroxylation is 1. The summed E-state index contributed by atoms with van der Waals surface area (Å²) in [5.74, 6) is -0.208. The summed E-state index contributed by atoms with van der Waals surface area (Å²) in [4.78, 5) is 13.5. The monoisotopic (exact) mass is 429 g/mol. The Morgan fingerprint density at radius 3 is 2.81 bits per heavy atom. The van der Waals surface area contributed by atoms with Crippen molar-refractivity contribution in [2.45, 2.75) is 82.8 Å². The van der Waals surface area contributed by atoms with Gasteiger partial charge in [0.15, 0.2) is 11.4 Å². The second kappa shape index (κ2) is 9.02. The van der Waals surface area contributed by atoms with E-state index in [0.29, 0.717) is 38.5 Å². The van der Waals surface area contributed by atoms with E-state index in [2.05, 4.69) is 31.0 Å². The van der Waals surface area contributed by atoms with Gasteiger partial charge in [-0.3, -0.25) is 4.79 Å². The predicted octanol–water partition coefficient (Wildman–Crippen LogP) is 3.66. The fourth-order valence-corrected chi connectivity index (χ4v) is 4.64. The van der Waals surface area contributed by atoms with Gasteiger partial charge in [0.05, 0.1) is 25.4 Å². The lowest BCUT2D eigenvalue weighted by Crippen LogP contribution is -2.60. The summed E-state index contributed by atoms with van der Waals surface area (Å²) in [5, 5.41) is 3.14. The van der Waals surface area contributed by atoms with Crippen LogP contribution in [-0.4, -0.2) is 48.8 Å². The molecule has 0 unspecified atom stereocenters. The molecule has 0 spiro atoms. The highest BCUT2D eigenvalue weighted by Gasteiger charge is 2.58. The number of benzene rings is 1. The van der Waals surface area contributed by atoms with Crippen LogP contribution in [-0.2, 0) is 30.3 Å². The Balaban J connectivity index is 1.57. The highest BCUT2D eigenvalue weighted by atomic mass is 16.8. The molecule has 6 nitrogen and oxygen atoms in total. The van der Waals surface area contributed by atoms with E-state index in [4.69, 9.17) is 18.9 Å². The van der Waals surface area contributed by atoms with Gasteiger partial charge >= 0.3 is 0 Å². The summed E-state index contributed by atoms with van der Waals surface area (Å²) in [6, 6.07) is 8.18. The van der Waals surface area contributed by atoms with Crippen LogP contribution in [0, 0.1) is 12.8 Å². The lowest BCUT2D eigenvalue weighted by atomic mass is 9.78. The van der Waals surface area contributed by atoms with Gasteiger partial charge in [-0.15, -0.1) is 6.58 Å². The van der Waals surface area contributed by atoms with Gasteiger partial charge in [-0.25, -0.2) is 0 Å². The molecule has 1 heterocycles. The number of amides is 1. The van der Waals surface area contributed by atoms with Crippen molar-refractivity contribution in [1.29, 1.82) is 0 Å². The van der Waals surface area contributed by atoms with Crippen molar-refractivity contribution in [3.63, 3.8) is 0 Å². The molecule has 1 saturated heterocycles. The minimum Gasteiger partial charge on any atom is -0.371 e. The molecule has 3 fully saturated rings. The molecular formula is C25H35NO5. The van der Waals surface area contributed by atoms with Gasteiger partial charge in [0.25, 0.3) is 5.91 Å². The maximum absolute atomic E-state index is 13.5. The number of hydrogen-bond acceptors (Lipinski definition) is 5. The molecule has 1 N–H and O–H groups in total. The summed E-state index contributed by atoms with van der Waals surface area (Å²) in [6.45, 7) is 11.1. The predicted molar refractivity (Wildman–Crippen MR) is 117 cm³/mol. The van der Waals surface area contributed by atoms with Crippen LogP contribution in [0.2, 0.25) is 0 Å². The smallest absolute Gasteiger partial charge is 0.252 e. The highest BCUT2D eigenvalue weighted by Crippen LogP contribution is 2.44. The molecule has 4 rings (SSSR count). The van der Waals surface area contributed by atoms with Crippen LogP contribution < -0.4 is 5.32 Å². The second-order valence-corrected chi connectivity index (χ2v) is 9.63. The fourth-order valence-electron chi connectivity index (χ4n) is 4.64. The van der Waals surface area contributed by atoms with E-state index < -0.39 is 11.4 Å². The molecule has 2 aliphatic carbocycles. The number of carbonyl (C=O) groups is 1. The van der Waals surface area contributed by atoms with Crippen molar-refractivity contribution in [2.24, 2.45) is 5.92 Å². The molecule has 1 amide bonds. The average Bonchev–Trinajstić information content (AvgIpc) is 3.50. The number of hydrogen-bond donors (Lipinski definition) is 1. The first-order valence-corrected chi connectivity index (χ1v) is 11.4. The third-order valence-electron chi connectivity index (χ3n) is 6.34. The average molecular weight is 430 g/mol. The van der Waals surface area contributed by atoms with E-state index in [0.717, 1.165) is 5.56 Å². The third-order valence-corrected chi connectivity index (χ3v) is 6.34. The standard InChI is InChI=1S/C25H35NO5/c1-5-11-28-20-13-25(23(27)26-15-18-9-10-18,14-21-22(20)31-24(3,4)30-21)29-16-19-8-6-7-17(2)12-19/h5-8,12,18,20-22H,1,9-11,13-16H2,2-4H3,(H,26,27)/t20-,21-,22+,25-/m1/s1. The number of nitrogens with one attached hydrogen (secondary N) is 1. The largest absolute Gasteiger partial charge is 0.371 e. The molecular weight excluding hydrogens is 394 g/mol. The van der Waals surface area contributed by atoms with Gasteiger partial charge < -0.3 is 24.3 Å². The molecule has 1 aromatic rings. The minimum atomic E-state index is -1.03. The lowest BCUT2D eigenvalue weighted by molar-refractivity contribution is -0.180. The first-order chi connectivity index (χ1) is 14.8. The summed E-state index contributed by atoms with van der Waals surface area (Å²) < 4.78 is 24.9. The first kappa shape index (κ1) is 22.5. The molecule has 0 radical (unpaired) electrons. The fraction of sp³-hybridized carbons (Fsp3) is 0.640. The van der Waals surface area contributed by atoms with Crippen LogP contribution >= 0.6 is 0 Å². The van der Waals surface area contributed by atoms with Crippen LogP contribution in [0.3, 0.4) is 0 Å². The van der Waals surface area contributed by atoms with E-state index in [-0.39, 0.29) is 24.2 Å². The molecule has 1 aliphatic heterocycles. The Morgan fingerprint density at radius 1 is 1.29 bits per heavy atom. The van der Waals surface area contributed by atoms with Gasteiger partial charge in [0.2, 0.25) is 0 Å². The summed E-state index contributed by atoms with van der Waals surface area (Å²) in [6.07, 6.45) is 4.11. The van der Waals surface area contributed by atoms with Crippen LogP contribution in [0.15, 0.2) is 36.9 Å². The molecule has 4 atom stereocenters. The Labute approximate surface area is 185 Å². The Kier molecular flexibility index (Phi) is 6.54. The van der Waals surface area contributed by atoms with Crippen molar-refractivity contribution in [3.8, 4) is 0 Å². The number of fused-ring (bicyclic) bond motifs is 1. The van der Waals surface area contributed by atoms with Crippen molar-refractivity contribution in [3.05, 3.63) is 48.0 Å². The van der Waals surface area contributed by atoms with E-state index in [1.165, 1.54) is 18.4 Å². The second-order valence-electron chi connectivity index (χ2n) is 9.63. The molecule has 170 valence electrons. The Morgan fingerprint density at radius 2 is 2.10 bits per heavy atom. The summed E-state index contributed by atoms with van der Waals surface area (Å²) in [5.41, 5.74) is 1.18. The zero-order chi connectivity index (χ0) is 22.1.